The number of likely N-dealkylation sites (tertiary alicyclic amines) is 1. The van der Waals surface area contributed by atoms with E-state index in [-0.39, 0.29) is 5.91 Å². The molecule has 1 aromatic heterocycles. The lowest BCUT2D eigenvalue weighted by Crippen LogP contribution is -3.11. The highest BCUT2D eigenvalue weighted by molar-refractivity contribution is 9.10. The SMILES string of the molecule is Cc1cc(NC(=O)C[NH+]2CCC[C@@H]2c2cccs2)ccc1Br. The Kier molecular flexibility index (Phi) is 4.96. The van der Waals surface area contributed by atoms with Gasteiger partial charge in [-0.3, -0.25) is 4.79 Å². The van der Waals surface area contributed by atoms with E-state index in [4.69, 9.17) is 0 Å². The molecule has 3 nitrogen and oxygen atoms in total. The van der Waals surface area contributed by atoms with Crippen LogP contribution in [0.15, 0.2) is 40.2 Å². The molecular formula is C17H20BrN2OS+. The van der Waals surface area contributed by atoms with Gasteiger partial charge < -0.3 is 10.2 Å². The van der Waals surface area contributed by atoms with Crippen LogP contribution >= 0.6 is 27.3 Å². The Balaban J connectivity index is 1.62. The Bertz CT molecular complexity index is 657. The maximum absolute atomic E-state index is 12.3. The highest BCUT2D eigenvalue weighted by atomic mass is 79.9. The minimum Gasteiger partial charge on any atom is -0.321 e. The molecule has 1 fully saturated rings. The number of aryl methyl sites for hydroxylation is 1. The standard InChI is InChI=1S/C17H19BrN2OS/c1-12-10-13(6-7-14(12)18)19-17(21)11-20-8-2-4-15(20)16-5-3-9-22-16/h3,5-7,9-10,15H,2,4,8,11H2,1H3,(H,19,21)/p+1/t15-/m1/s1. The smallest absolute Gasteiger partial charge is 0.279 e. The fraction of sp³-hybridized carbons (Fsp3) is 0.353. The zero-order chi connectivity index (χ0) is 15.5. The van der Waals surface area contributed by atoms with Crippen LogP contribution in [0.3, 0.4) is 0 Å². The Morgan fingerprint density at radius 3 is 3.05 bits per heavy atom. The Morgan fingerprint density at radius 2 is 2.32 bits per heavy atom. The molecule has 5 heteroatoms. The van der Waals surface area contributed by atoms with Crippen molar-refractivity contribution < 1.29 is 9.69 Å². The molecule has 3 rings (SSSR count). The normalized spacial score (nSPS) is 21.0. The number of amides is 1. The summed E-state index contributed by atoms with van der Waals surface area (Å²) in [7, 11) is 0. The average Bonchev–Trinajstić information content (AvgIpc) is 3.13. The molecule has 1 unspecified atom stereocenters. The number of rotatable bonds is 4. The lowest BCUT2D eigenvalue weighted by Gasteiger charge is -2.20. The Morgan fingerprint density at radius 1 is 1.45 bits per heavy atom. The second-order valence-electron chi connectivity index (χ2n) is 5.81. The van der Waals surface area contributed by atoms with E-state index in [1.165, 1.54) is 22.6 Å². The van der Waals surface area contributed by atoms with E-state index in [0.29, 0.717) is 12.6 Å². The zero-order valence-corrected chi connectivity index (χ0v) is 15.0. The molecule has 116 valence electrons. The lowest BCUT2D eigenvalue weighted by molar-refractivity contribution is -0.910. The third-order valence-electron chi connectivity index (χ3n) is 4.20. The van der Waals surface area contributed by atoms with Crippen LogP contribution in [0.25, 0.3) is 0 Å². The van der Waals surface area contributed by atoms with Gasteiger partial charge in [-0.05, 0) is 42.1 Å². The van der Waals surface area contributed by atoms with E-state index in [0.717, 1.165) is 22.3 Å². The predicted octanol–water partition coefficient (Wildman–Crippen LogP) is 3.18. The average molecular weight is 380 g/mol. The van der Waals surface area contributed by atoms with Gasteiger partial charge in [0.05, 0.1) is 11.4 Å². The van der Waals surface area contributed by atoms with Gasteiger partial charge in [-0.2, -0.15) is 0 Å². The van der Waals surface area contributed by atoms with Crippen molar-refractivity contribution in [3.63, 3.8) is 0 Å². The van der Waals surface area contributed by atoms with Gasteiger partial charge in [-0.1, -0.05) is 22.0 Å². The number of benzene rings is 1. The first-order valence-electron chi connectivity index (χ1n) is 7.57. The molecule has 2 atom stereocenters. The van der Waals surface area contributed by atoms with E-state index < -0.39 is 0 Å². The van der Waals surface area contributed by atoms with Crippen LogP contribution in [0, 0.1) is 6.92 Å². The summed E-state index contributed by atoms with van der Waals surface area (Å²) in [5, 5.41) is 5.15. The van der Waals surface area contributed by atoms with Gasteiger partial charge in [0.15, 0.2) is 6.54 Å². The number of carbonyl (C=O) groups excluding carboxylic acids is 1. The lowest BCUT2D eigenvalue weighted by atomic mass is 10.2. The molecule has 0 radical (unpaired) electrons. The van der Waals surface area contributed by atoms with Crippen molar-refractivity contribution >= 4 is 38.9 Å². The molecule has 1 saturated heterocycles. The van der Waals surface area contributed by atoms with E-state index in [1.54, 1.807) is 11.3 Å². The van der Waals surface area contributed by atoms with Crippen LogP contribution in [0.1, 0.15) is 29.3 Å². The first kappa shape index (κ1) is 15.7. The molecule has 0 bridgehead atoms. The third-order valence-corrected chi connectivity index (χ3v) is 6.08. The summed E-state index contributed by atoms with van der Waals surface area (Å²) in [6.45, 7) is 3.64. The molecule has 2 heterocycles. The second-order valence-corrected chi connectivity index (χ2v) is 7.64. The Hall–Kier alpha value is -1.17. The fourth-order valence-corrected chi connectivity index (χ4v) is 4.26. The highest BCUT2D eigenvalue weighted by Gasteiger charge is 2.32. The number of thiophene rings is 1. The molecule has 1 aliphatic heterocycles. The minimum absolute atomic E-state index is 0.0974. The summed E-state index contributed by atoms with van der Waals surface area (Å²) < 4.78 is 1.06. The summed E-state index contributed by atoms with van der Waals surface area (Å²) in [5.41, 5.74) is 2.00. The number of quaternary nitrogens is 1. The summed E-state index contributed by atoms with van der Waals surface area (Å²) in [6.07, 6.45) is 2.38. The third kappa shape index (κ3) is 3.59. The molecule has 2 N–H and O–H groups in total. The number of nitrogens with one attached hydrogen (secondary N) is 2. The van der Waals surface area contributed by atoms with Gasteiger partial charge in [-0.25, -0.2) is 0 Å². The Labute approximate surface area is 143 Å². The number of hydrogen-bond donors (Lipinski definition) is 2. The molecule has 0 spiro atoms. The van der Waals surface area contributed by atoms with Crippen LogP contribution in [0.5, 0.6) is 0 Å². The van der Waals surface area contributed by atoms with Gasteiger partial charge in [0.1, 0.15) is 6.04 Å². The van der Waals surface area contributed by atoms with E-state index in [1.807, 2.05) is 25.1 Å². The second kappa shape index (κ2) is 6.94. The van der Waals surface area contributed by atoms with Gasteiger partial charge in [0.2, 0.25) is 0 Å². The van der Waals surface area contributed by atoms with Crippen molar-refractivity contribution in [3.05, 3.63) is 50.6 Å². The summed E-state index contributed by atoms with van der Waals surface area (Å²) in [6, 6.07) is 10.7. The number of anilines is 1. The van der Waals surface area contributed by atoms with Crippen molar-refractivity contribution in [2.45, 2.75) is 25.8 Å². The van der Waals surface area contributed by atoms with Crippen LogP contribution in [0.2, 0.25) is 0 Å². The summed E-state index contributed by atoms with van der Waals surface area (Å²) >= 11 is 5.28. The van der Waals surface area contributed by atoms with Gasteiger partial charge in [0.25, 0.3) is 5.91 Å². The number of hydrogen-bond acceptors (Lipinski definition) is 2. The molecule has 1 aromatic carbocycles. The van der Waals surface area contributed by atoms with E-state index in [9.17, 15) is 4.79 Å². The number of halogens is 1. The molecular weight excluding hydrogens is 360 g/mol. The highest BCUT2D eigenvalue weighted by Crippen LogP contribution is 2.23. The molecule has 2 aromatic rings. The van der Waals surface area contributed by atoms with Crippen molar-refractivity contribution in [1.29, 1.82) is 0 Å². The van der Waals surface area contributed by atoms with Gasteiger partial charge in [0, 0.05) is 23.0 Å². The first-order chi connectivity index (χ1) is 10.6. The maximum atomic E-state index is 12.3. The molecule has 1 aliphatic rings. The van der Waals surface area contributed by atoms with Gasteiger partial charge in [-0.15, -0.1) is 11.3 Å². The van der Waals surface area contributed by atoms with Gasteiger partial charge >= 0.3 is 0 Å². The maximum Gasteiger partial charge on any atom is 0.279 e. The fourth-order valence-electron chi connectivity index (χ4n) is 3.09. The molecule has 0 saturated carbocycles. The van der Waals surface area contributed by atoms with Crippen LogP contribution in [-0.2, 0) is 4.79 Å². The molecule has 22 heavy (non-hydrogen) atoms. The predicted molar refractivity (Wildman–Crippen MR) is 94.5 cm³/mol. The number of carbonyl (C=O) groups is 1. The zero-order valence-electron chi connectivity index (χ0n) is 12.6. The van der Waals surface area contributed by atoms with Crippen LogP contribution < -0.4 is 10.2 Å². The summed E-state index contributed by atoms with van der Waals surface area (Å²) in [5.74, 6) is 0.0974. The molecule has 1 amide bonds. The van der Waals surface area contributed by atoms with Crippen LogP contribution in [-0.4, -0.2) is 19.0 Å². The van der Waals surface area contributed by atoms with E-state index >= 15 is 0 Å². The quantitative estimate of drug-likeness (QED) is 0.840. The van der Waals surface area contributed by atoms with E-state index in [2.05, 4.69) is 38.8 Å². The summed E-state index contributed by atoms with van der Waals surface area (Å²) in [4.78, 5) is 15.1. The van der Waals surface area contributed by atoms with Crippen molar-refractivity contribution in [2.24, 2.45) is 0 Å². The van der Waals surface area contributed by atoms with Crippen molar-refractivity contribution in [3.8, 4) is 0 Å². The topological polar surface area (TPSA) is 33.5 Å². The first-order valence-corrected chi connectivity index (χ1v) is 9.25. The van der Waals surface area contributed by atoms with Crippen molar-refractivity contribution in [2.75, 3.05) is 18.4 Å². The molecule has 0 aliphatic carbocycles. The monoisotopic (exact) mass is 379 g/mol. The minimum atomic E-state index is 0.0974. The van der Waals surface area contributed by atoms with Crippen LogP contribution in [0.4, 0.5) is 5.69 Å². The largest absolute Gasteiger partial charge is 0.321 e. The van der Waals surface area contributed by atoms with Crippen molar-refractivity contribution in [1.82, 2.24) is 0 Å².